The quantitative estimate of drug-likeness (QED) is 0.872. The van der Waals surface area contributed by atoms with E-state index in [1.54, 1.807) is 0 Å². The number of ether oxygens (including phenoxy) is 1. The van der Waals surface area contributed by atoms with E-state index < -0.39 is 5.82 Å². The third-order valence-corrected chi connectivity index (χ3v) is 2.97. The molecule has 0 amide bonds. The number of hydrogen-bond acceptors (Lipinski definition) is 4. The van der Waals surface area contributed by atoms with Crippen LogP contribution in [0.2, 0.25) is 0 Å². The van der Waals surface area contributed by atoms with Crippen molar-refractivity contribution >= 4 is 0 Å². The van der Waals surface area contributed by atoms with Crippen LogP contribution < -0.4 is 10.1 Å². The van der Waals surface area contributed by atoms with Gasteiger partial charge in [-0.25, -0.2) is 4.98 Å². The molecule has 5 heteroatoms. The molecule has 2 rings (SSSR count). The van der Waals surface area contributed by atoms with Crippen LogP contribution in [0.15, 0.2) is 6.33 Å². The standard InChI is InChI=1S/C12H18FN3O/c1-2-10-11(13)12(16-8-15-10)17-9-4-3-6-14-7-5-9/h8-9,14H,2-7H2,1H3. The molecule has 1 atom stereocenters. The maximum atomic E-state index is 13.9. The number of nitrogens with one attached hydrogen (secondary N) is 1. The van der Waals surface area contributed by atoms with Gasteiger partial charge in [0.15, 0.2) is 0 Å². The minimum Gasteiger partial charge on any atom is -0.472 e. The van der Waals surface area contributed by atoms with Gasteiger partial charge in [0.1, 0.15) is 12.4 Å². The molecule has 0 radical (unpaired) electrons. The van der Waals surface area contributed by atoms with E-state index >= 15 is 0 Å². The van der Waals surface area contributed by atoms with Crippen molar-refractivity contribution in [2.24, 2.45) is 0 Å². The van der Waals surface area contributed by atoms with Crippen LogP contribution in [0.5, 0.6) is 5.88 Å². The van der Waals surface area contributed by atoms with Crippen LogP contribution in [-0.2, 0) is 6.42 Å². The zero-order valence-electron chi connectivity index (χ0n) is 10.1. The van der Waals surface area contributed by atoms with E-state index in [1.165, 1.54) is 6.33 Å². The van der Waals surface area contributed by atoms with Crippen LogP contribution in [0.25, 0.3) is 0 Å². The van der Waals surface area contributed by atoms with Gasteiger partial charge in [0, 0.05) is 0 Å². The second-order valence-corrected chi connectivity index (χ2v) is 4.21. The lowest BCUT2D eigenvalue weighted by molar-refractivity contribution is 0.170. The Kier molecular flexibility index (Phi) is 4.25. The van der Waals surface area contributed by atoms with E-state index in [-0.39, 0.29) is 12.0 Å². The van der Waals surface area contributed by atoms with Crippen molar-refractivity contribution in [3.8, 4) is 5.88 Å². The maximum absolute atomic E-state index is 13.9. The number of aryl methyl sites for hydroxylation is 1. The molecule has 0 aliphatic carbocycles. The number of aromatic nitrogens is 2. The largest absolute Gasteiger partial charge is 0.472 e. The Morgan fingerprint density at radius 1 is 1.41 bits per heavy atom. The number of hydrogen-bond donors (Lipinski definition) is 1. The van der Waals surface area contributed by atoms with Crippen molar-refractivity contribution in [2.45, 2.75) is 38.7 Å². The van der Waals surface area contributed by atoms with Crippen LogP contribution in [0.3, 0.4) is 0 Å². The molecule has 1 N–H and O–H groups in total. The van der Waals surface area contributed by atoms with Crippen molar-refractivity contribution in [1.82, 2.24) is 15.3 Å². The molecular formula is C12H18FN3O. The summed E-state index contributed by atoms with van der Waals surface area (Å²) in [6.07, 6.45) is 4.86. The summed E-state index contributed by atoms with van der Waals surface area (Å²) < 4.78 is 19.5. The molecular weight excluding hydrogens is 221 g/mol. The van der Waals surface area contributed by atoms with Crippen LogP contribution in [0.4, 0.5) is 4.39 Å². The summed E-state index contributed by atoms with van der Waals surface area (Å²) in [6.45, 7) is 3.79. The highest BCUT2D eigenvalue weighted by Crippen LogP contribution is 2.20. The molecule has 0 spiro atoms. The fourth-order valence-electron chi connectivity index (χ4n) is 1.98. The van der Waals surface area contributed by atoms with Crippen molar-refractivity contribution in [2.75, 3.05) is 13.1 Å². The molecule has 94 valence electrons. The van der Waals surface area contributed by atoms with E-state index in [4.69, 9.17) is 4.74 Å². The summed E-state index contributed by atoms with van der Waals surface area (Å²) in [4.78, 5) is 7.77. The molecule has 1 unspecified atom stereocenters. The minimum absolute atomic E-state index is 0.0547. The van der Waals surface area contributed by atoms with Crippen molar-refractivity contribution in [3.63, 3.8) is 0 Å². The first-order chi connectivity index (χ1) is 8.31. The molecule has 1 aliphatic rings. The summed E-state index contributed by atoms with van der Waals surface area (Å²) in [5, 5.41) is 3.29. The lowest BCUT2D eigenvalue weighted by Crippen LogP contribution is -2.20. The zero-order chi connectivity index (χ0) is 12.1. The Morgan fingerprint density at radius 3 is 3.12 bits per heavy atom. The topological polar surface area (TPSA) is 47.0 Å². The molecule has 1 fully saturated rings. The second-order valence-electron chi connectivity index (χ2n) is 4.21. The van der Waals surface area contributed by atoms with Gasteiger partial charge in [-0.1, -0.05) is 6.92 Å². The highest BCUT2D eigenvalue weighted by Gasteiger charge is 2.18. The normalized spacial score (nSPS) is 20.9. The first kappa shape index (κ1) is 12.2. The minimum atomic E-state index is -0.410. The van der Waals surface area contributed by atoms with Crippen molar-refractivity contribution in [1.29, 1.82) is 0 Å². The molecule has 4 nitrogen and oxygen atoms in total. The number of rotatable bonds is 3. The Hall–Kier alpha value is -1.23. The van der Waals surface area contributed by atoms with Crippen LogP contribution in [0.1, 0.15) is 31.9 Å². The Morgan fingerprint density at radius 2 is 2.29 bits per heavy atom. The summed E-state index contributed by atoms with van der Waals surface area (Å²) in [5.41, 5.74) is 0.418. The zero-order valence-corrected chi connectivity index (χ0v) is 10.1. The first-order valence-electron chi connectivity index (χ1n) is 6.18. The fraction of sp³-hybridized carbons (Fsp3) is 0.667. The Labute approximate surface area is 101 Å². The third kappa shape index (κ3) is 3.12. The molecule has 0 aromatic carbocycles. The predicted octanol–water partition coefficient (Wildman–Crippen LogP) is 1.70. The Bertz CT molecular complexity index is 365. The predicted molar refractivity (Wildman–Crippen MR) is 62.5 cm³/mol. The smallest absolute Gasteiger partial charge is 0.254 e. The summed E-state index contributed by atoms with van der Waals surface area (Å²) in [6, 6.07) is 0. The lowest BCUT2D eigenvalue weighted by Gasteiger charge is -2.16. The SMILES string of the molecule is CCc1ncnc(OC2CCCNCC2)c1F. The van der Waals surface area contributed by atoms with Gasteiger partial charge in [-0.2, -0.15) is 9.37 Å². The Balaban J connectivity index is 2.06. The first-order valence-corrected chi connectivity index (χ1v) is 6.18. The average Bonchev–Trinajstić information content (AvgIpc) is 2.60. The molecule has 1 aliphatic heterocycles. The van der Waals surface area contributed by atoms with Crippen LogP contribution in [0, 0.1) is 5.82 Å². The van der Waals surface area contributed by atoms with Gasteiger partial charge >= 0.3 is 0 Å². The second kappa shape index (κ2) is 5.91. The van der Waals surface area contributed by atoms with Gasteiger partial charge in [-0.15, -0.1) is 0 Å². The van der Waals surface area contributed by atoms with E-state index in [0.717, 1.165) is 32.4 Å². The van der Waals surface area contributed by atoms with Crippen LogP contribution in [-0.4, -0.2) is 29.2 Å². The van der Waals surface area contributed by atoms with Gasteiger partial charge < -0.3 is 10.1 Å². The molecule has 2 heterocycles. The van der Waals surface area contributed by atoms with Gasteiger partial charge in [-0.05, 0) is 38.8 Å². The molecule has 17 heavy (non-hydrogen) atoms. The van der Waals surface area contributed by atoms with Gasteiger partial charge in [0.25, 0.3) is 5.88 Å². The summed E-state index contributed by atoms with van der Waals surface area (Å²) in [5.74, 6) is -0.309. The van der Waals surface area contributed by atoms with Crippen molar-refractivity contribution in [3.05, 3.63) is 17.8 Å². The summed E-state index contributed by atoms with van der Waals surface area (Å²) in [7, 11) is 0. The third-order valence-electron chi connectivity index (χ3n) is 2.97. The van der Waals surface area contributed by atoms with Gasteiger partial charge in [-0.3, -0.25) is 0 Å². The van der Waals surface area contributed by atoms with E-state index in [1.807, 2.05) is 6.92 Å². The van der Waals surface area contributed by atoms with E-state index in [0.29, 0.717) is 12.1 Å². The molecule has 0 saturated carbocycles. The van der Waals surface area contributed by atoms with E-state index in [2.05, 4.69) is 15.3 Å². The number of halogens is 1. The molecule has 0 bridgehead atoms. The summed E-state index contributed by atoms with van der Waals surface area (Å²) >= 11 is 0. The van der Waals surface area contributed by atoms with Gasteiger partial charge in [0.2, 0.25) is 5.82 Å². The fourth-order valence-corrected chi connectivity index (χ4v) is 1.98. The highest BCUT2D eigenvalue weighted by atomic mass is 19.1. The van der Waals surface area contributed by atoms with Gasteiger partial charge in [0.05, 0.1) is 5.69 Å². The van der Waals surface area contributed by atoms with Crippen LogP contribution >= 0.6 is 0 Å². The monoisotopic (exact) mass is 239 g/mol. The average molecular weight is 239 g/mol. The van der Waals surface area contributed by atoms with Crippen molar-refractivity contribution < 1.29 is 9.13 Å². The lowest BCUT2D eigenvalue weighted by atomic mass is 10.1. The molecule has 1 aromatic heterocycles. The maximum Gasteiger partial charge on any atom is 0.254 e. The number of nitrogens with zero attached hydrogens (tertiary/aromatic N) is 2. The molecule has 1 saturated heterocycles. The highest BCUT2D eigenvalue weighted by molar-refractivity contribution is 5.17. The molecule has 1 aromatic rings. The van der Waals surface area contributed by atoms with E-state index in [9.17, 15) is 4.39 Å².